The molecule has 0 aliphatic rings. The molecule has 0 radical (unpaired) electrons. The molecular weight excluding hydrogens is 210 g/mol. The molecule has 0 bridgehead atoms. The number of hydrogen-bond donors (Lipinski definition) is 0. The van der Waals surface area contributed by atoms with Crippen LogP contribution in [0.15, 0.2) is 18.5 Å². The van der Waals surface area contributed by atoms with Gasteiger partial charge in [0.25, 0.3) is 0 Å². The first kappa shape index (κ1) is 9.92. The van der Waals surface area contributed by atoms with E-state index in [0.29, 0.717) is 11.3 Å². The summed E-state index contributed by atoms with van der Waals surface area (Å²) in [6.07, 6.45) is 3.05. The number of hydrogen-bond acceptors (Lipinski definition) is 5. The molecule has 2 heterocycles. The molecule has 0 fully saturated rings. The Bertz CT molecular complexity index is 493. The van der Waals surface area contributed by atoms with Crippen molar-refractivity contribution in [3.8, 4) is 0 Å². The second-order valence-electron chi connectivity index (χ2n) is 3.25. The number of carbonyl (C=O) groups is 1. The van der Waals surface area contributed by atoms with Crippen LogP contribution >= 0.6 is 11.7 Å². The van der Waals surface area contributed by atoms with Crippen LogP contribution in [0.4, 0.5) is 0 Å². The Labute approximate surface area is 91.3 Å². The second kappa shape index (κ2) is 3.86. The molecule has 0 N–H and O–H groups in total. The molecule has 2 aromatic heterocycles. The van der Waals surface area contributed by atoms with E-state index in [0.717, 1.165) is 23.0 Å². The van der Waals surface area contributed by atoms with Crippen molar-refractivity contribution in [2.75, 3.05) is 0 Å². The lowest BCUT2D eigenvalue weighted by Crippen LogP contribution is -2.03. The van der Waals surface area contributed by atoms with Crippen molar-refractivity contribution in [2.45, 2.75) is 13.8 Å². The van der Waals surface area contributed by atoms with Gasteiger partial charge in [-0.2, -0.15) is 8.75 Å². The Balaban J connectivity index is 2.39. The zero-order valence-corrected chi connectivity index (χ0v) is 9.21. The van der Waals surface area contributed by atoms with Crippen LogP contribution in [0.1, 0.15) is 27.3 Å². The van der Waals surface area contributed by atoms with Gasteiger partial charge in [0.1, 0.15) is 5.69 Å². The van der Waals surface area contributed by atoms with Gasteiger partial charge in [-0.05, 0) is 25.5 Å². The van der Waals surface area contributed by atoms with Gasteiger partial charge in [-0.25, -0.2) is 0 Å². The molecular formula is C10H9N3OS. The highest BCUT2D eigenvalue weighted by molar-refractivity contribution is 6.99. The van der Waals surface area contributed by atoms with E-state index >= 15 is 0 Å². The fourth-order valence-corrected chi connectivity index (χ4v) is 1.59. The first-order chi connectivity index (χ1) is 7.18. The SMILES string of the molecule is Cc1cc(C(=O)c2cnsn2)cnc1C. The average Bonchev–Trinajstić information content (AvgIpc) is 2.74. The summed E-state index contributed by atoms with van der Waals surface area (Å²) in [7, 11) is 0. The van der Waals surface area contributed by atoms with Crippen molar-refractivity contribution in [2.24, 2.45) is 0 Å². The van der Waals surface area contributed by atoms with Gasteiger partial charge in [0.05, 0.1) is 17.9 Å². The lowest BCUT2D eigenvalue weighted by Gasteiger charge is -2.01. The summed E-state index contributed by atoms with van der Waals surface area (Å²) in [5.41, 5.74) is 2.88. The van der Waals surface area contributed by atoms with Crippen LogP contribution in [0.25, 0.3) is 0 Å². The molecule has 0 aliphatic carbocycles. The Hall–Kier alpha value is -1.62. The van der Waals surface area contributed by atoms with E-state index in [1.54, 1.807) is 6.20 Å². The number of aromatic nitrogens is 3. The third kappa shape index (κ3) is 1.92. The minimum Gasteiger partial charge on any atom is -0.287 e. The molecule has 0 saturated heterocycles. The first-order valence-electron chi connectivity index (χ1n) is 4.44. The Morgan fingerprint density at radius 1 is 1.33 bits per heavy atom. The second-order valence-corrected chi connectivity index (χ2v) is 3.80. The van der Waals surface area contributed by atoms with E-state index in [1.807, 2.05) is 19.9 Å². The van der Waals surface area contributed by atoms with Gasteiger partial charge in [-0.15, -0.1) is 0 Å². The Morgan fingerprint density at radius 2 is 2.13 bits per heavy atom. The van der Waals surface area contributed by atoms with Crippen LogP contribution in [-0.4, -0.2) is 19.5 Å². The number of pyridine rings is 1. The molecule has 0 amide bonds. The van der Waals surface area contributed by atoms with E-state index in [9.17, 15) is 4.79 Å². The predicted octanol–water partition coefficient (Wildman–Crippen LogP) is 1.78. The maximum atomic E-state index is 11.8. The van der Waals surface area contributed by atoms with Gasteiger partial charge in [0.2, 0.25) is 5.78 Å². The Morgan fingerprint density at radius 3 is 2.73 bits per heavy atom. The van der Waals surface area contributed by atoms with Crippen molar-refractivity contribution < 1.29 is 4.79 Å². The molecule has 4 nitrogen and oxygen atoms in total. The maximum Gasteiger partial charge on any atom is 0.215 e. The van der Waals surface area contributed by atoms with E-state index in [2.05, 4.69) is 13.7 Å². The van der Waals surface area contributed by atoms with Crippen LogP contribution in [-0.2, 0) is 0 Å². The molecule has 0 saturated carbocycles. The summed E-state index contributed by atoms with van der Waals surface area (Å²) >= 11 is 1.03. The standard InChI is InChI=1S/C10H9N3OS/c1-6-3-8(4-11-7(6)2)10(14)9-5-12-15-13-9/h3-5H,1-2H3. The predicted molar refractivity (Wildman–Crippen MR) is 57.1 cm³/mol. The highest BCUT2D eigenvalue weighted by Crippen LogP contribution is 2.10. The summed E-state index contributed by atoms with van der Waals surface area (Å²) < 4.78 is 7.70. The molecule has 5 heteroatoms. The zero-order valence-electron chi connectivity index (χ0n) is 8.39. The van der Waals surface area contributed by atoms with E-state index < -0.39 is 0 Å². The monoisotopic (exact) mass is 219 g/mol. The van der Waals surface area contributed by atoms with Crippen LogP contribution in [0.2, 0.25) is 0 Å². The van der Waals surface area contributed by atoms with Crippen LogP contribution < -0.4 is 0 Å². The van der Waals surface area contributed by atoms with E-state index in [4.69, 9.17) is 0 Å². The van der Waals surface area contributed by atoms with Crippen molar-refractivity contribution in [1.29, 1.82) is 0 Å². The van der Waals surface area contributed by atoms with Gasteiger partial charge in [0, 0.05) is 17.5 Å². The maximum absolute atomic E-state index is 11.8. The number of rotatable bonds is 2. The quantitative estimate of drug-likeness (QED) is 0.722. The van der Waals surface area contributed by atoms with Crippen molar-refractivity contribution >= 4 is 17.5 Å². The molecule has 76 valence electrons. The summed E-state index contributed by atoms with van der Waals surface area (Å²) in [6, 6.07) is 1.82. The molecule has 2 aromatic rings. The fourth-order valence-electron chi connectivity index (χ4n) is 1.18. The summed E-state index contributed by atoms with van der Waals surface area (Å²) in [5, 5.41) is 0. The average molecular weight is 219 g/mol. The number of carbonyl (C=O) groups excluding carboxylic acids is 1. The highest BCUT2D eigenvalue weighted by Gasteiger charge is 2.12. The summed E-state index contributed by atoms with van der Waals surface area (Å²) in [5.74, 6) is -0.126. The lowest BCUT2D eigenvalue weighted by atomic mass is 10.1. The molecule has 15 heavy (non-hydrogen) atoms. The minimum absolute atomic E-state index is 0.126. The van der Waals surface area contributed by atoms with Gasteiger partial charge < -0.3 is 0 Å². The Kier molecular flexibility index (Phi) is 2.55. The highest BCUT2D eigenvalue weighted by atomic mass is 32.1. The van der Waals surface area contributed by atoms with Gasteiger partial charge in [-0.1, -0.05) is 0 Å². The van der Waals surface area contributed by atoms with Crippen molar-refractivity contribution in [1.82, 2.24) is 13.7 Å². The molecule has 0 unspecified atom stereocenters. The molecule has 0 atom stereocenters. The molecule has 0 aromatic carbocycles. The molecule has 0 spiro atoms. The molecule has 0 aliphatic heterocycles. The topological polar surface area (TPSA) is 55.7 Å². The van der Waals surface area contributed by atoms with Crippen molar-refractivity contribution in [3.63, 3.8) is 0 Å². The van der Waals surface area contributed by atoms with E-state index in [-0.39, 0.29) is 5.78 Å². The van der Waals surface area contributed by atoms with Crippen LogP contribution in [0.5, 0.6) is 0 Å². The molecule has 2 rings (SSSR count). The largest absolute Gasteiger partial charge is 0.287 e. The van der Waals surface area contributed by atoms with Gasteiger partial charge in [-0.3, -0.25) is 9.78 Å². The first-order valence-corrected chi connectivity index (χ1v) is 5.17. The smallest absolute Gasteiger partial charge is 0.215 e. The lowest BCUT2D eigenvalue weighted by molar-refractivity contribution is 0.103. The number of nitrogens with zero attached hydrogens (tertiary/aromatic N) is 3. The summed E-state index contributed by atoms with van der Waals surface area (Å²) in [6.45, 7) is 3.84. The van der Waals surface area contributed by atoms with E-state index in [1.165, 1.54) is 6.20 Å². The number of ketones is 1. The fraction of sp³-hybridized carbons (Fsp3) is 0.200. The zero-order chi connectivity index (χ0) is 10.8. The van der Waals surface area contributed by atoms with Crippen LogP contribution in [0.3, 0.4) is 0 Å². The van der Waals surface area contributed by atoms with Gasteiger partial charge in [0.15, 0.2) is 0 Å². The normalized spacial score (nSPS) is 10.3. The van der Waals surface area contributed by atoms with Gasteiger partial charge >= 0.3 is 0 Å². The van der Waals surface area contributed by atoms with Crippen molar-refractivity contribution in [3.05, 3.63) is 41.0 Å². The summed E-state index contributed by atoms with van der Waals surface area (Å²) in [4.78, 5) is 16.0. The third-order valence-corrected chi connectivity index (χ3v) is 2.67. The third-order valence-electron chi connectivity index (χ3n) is 2.20. The minimum atomic E-state index is -0.126. The number of aryl methyl sites for hydroxylation is 2. The van der Waals surface area contributed by atoms with Crippen LogP contribution in [0, 0.1) is 13.8 Å².